The molecule has 3 N–H and O–H groups in total. The van der Waals surface area contributed by atoms with Crippen molar-refractivity contribution in [2.45, 2.75) is 17.7 Å². The Hall–Kier alpha value is -2.48. The summed E-state index contributed by atoms with van der Waals surface area (Å²) < 4.78 is 5.66. The van der Waals surface area contributed by atoms with Gasteiger partial charge in [-0.25, -0.2) is 14.6 Å². The van der Waals surface area contributed by atoms with Crippen LogP contribution in [0.1, 0.15) is 12.1 Å². The second-order valence-electron chi connectivity index (χ2n) is 4.30. The molecule has 1 heterocycles. The van der Waals surface area contributed by atoms with Gasteiger partial charge in [0.15, 0.2) is 0 Å². The average Bonchev–Trinajstić information content (AvgIpc) is 3.06. The van der Waals surface area contributed by atoms with E-state index in [0.717, 1.165) is 30.9 Å². The summed E-state index contributed by atoms with van der Waals surface area (Å²) in [6, 6.07) is 8.18. The fourth-order valence-corrected chi connectivity index (χ4v) is 1.95. The number of imidazole rings is 1. The Bertz CT molecular complexity index is 587. The van der Waals surface area contributed by atoms with Gasteiger partial charge in [-0.15, -0.1) is 11.8 Å². The number of nitrogens with zero attached hydrogens (tertiary/aromatic N) is 1. The van der Waals surface area contributed by atoms with Gasteiger partial charge >= 0.3 is 11.9 Å². The molecule has 0 saturated carbocycles. The molecule has 8 heteroatoms. The van der Waals surface area contributed by atoms with Gasteiger partial charge in [0.1, 0.15) is 5.75 Å². The number of rotatable bonds is 6. The zero-order chi connectivity index (χ0) is 17.1. The molecule has 2 aromatic rings. The molecule has 0 radical (unpaired) electrons. The number of hydrogen-bond donors (Lipinski definition) is 3. The zero-order valence-electron chi connectivity index (χ0n) is 12.6. The van der Waals surface area contributed by atoms with Crippen molar-refractivity contribution >= 4 is 23.7 Å². The monoisotopic (exact) mass is 338 g/mol. The third-order valence-electron chi connectivity index (χ3n) is 2.64. The van der Waals surface area contributed by atoms with Crippen LogP contribution < -0.4 is 4.74 Å². The van der Waals surface area contributed by atoms with E-state index in [1.807, 2.05) is 18.3 Å². The first-order valence-electron chi connectivity index (χ1n) is 6.73. The molecule has 0 aliphatic rings. The highest BCUT2D eigenvalue weighted by Gasteiger charge is 2.04. The number of aromatic amines is 1. The van der Waals surface area contributed by atoms with Crippen LogP contribution in [0.3, 0.4) is 0 Å². The first-order chi connectivity index (χ1) is 11.0. The van der Waals surface area contributed by atoms with E-state index in [2.05, 4.69) is 28.4 Å². The van der Waals surface area contributed by atoms with E-state index in [1.54, 1.807) is 18.1 Å². The Morgan fingerprint density at radius 2 is 1.87 bits per heavy atom. The molecule has 0 aliphatic heterocycles. The number of carboxylic acid groups (broad SMARTS) is 2. The maximum absolute atomic E-state index is 9.10. The number of nitrogens with one attached hydrogen (secondary N) is 1. The molecule has 0 spiro atoms. The number of thioether (sulfide) groups is 1. The standard InChI is InChI=1S/C13H16N2OS.C2H2O4/c1-17-13-6-4-12(5-7-13)16-8-2-3-11-9-14-10-15-11;3-1(4)2(5)6/h4-7,9-10H,2-3,8H2,1H3,(H,14,15);(H,3,4)(H,5,6). The van der Waals surface area contributed by atoms with E-state index in [1.165, 1.54) is 4.90 Å². The predicted molar refractivity (Wildman–Crippen MR) is 85.9 cm³/mol. The fraction of sp³-hybridized carbons (Fsp3) is 0.267. The third-order valence-corrected chi connectivity index (χ3v) is 3.39. The molecule has 0 unspecified atom stereocenters. The van der Waals surface area contributed by atoms with Crippen molar-refractivity contribution in [3.63, 3.8) is 0 Å². The lowest BCUT2D eigenvalue weighted by molar-refractivity contribution is -0.159. The quantitative estimate of drug-likeness (QED) is 0.421. The molecule has 0 atom stereocenters. The van der Waals surface area contributed by atoms with Gasteiger partial charge in [0, 0.05) is 11.1 Å². The molecule has 0 saturated heterocycles. The van der Waals surface area contributed by atoms with Crippen LogP contribution in [0.5, 0.6) is 5.75 Å². The molecule has 0 bridgehead atoms. The molecule has 124 valence electrons. The number of benzene rings is 1. The van der Waals surface area contributed by atoms with Crippen molar-refractivity contribution in [1.29, 1.82) is 0 Å². The third kappa shape index (κ3) is 7.91. The normalized spacial score (nSPS) is 9.61. The van der Waals surface area contributed by atoms with Crippen molar-refractivity contribution in [3.05, 3.63) is 42.5 Å². The summed E-state index contributed by atoms with van der Waals surface area (Å²) >= 11 is 1.74. The lowest BCUT2D eigenvalue weighted by atomic mass is 10.2. The molecule has 0 amide bonds. The molecule has 1 aromatic heterocycles. The highest BCUT2D eigenvalue weighted by molar-refractivity contribution is 7.98. The molecule has 23 heavy (non-hydrogen) atoms. The Kier molecular flexibility index (Phi) is 8.30. The number of aromatic nitrogens is 2. The first-order valence-corrected chi connectivity index (χ1v) is 7.96. The van der Waals surface area contributed by atoms with E-state index in [4.69, 9.17) is 24.5 Å². The van der Waals surface area contributed by atoms with Crippen molar-refractivity contribution in [1.82, 2.24) is 9.97 Å². The summed E-state index contributed by atoms with van der Waals surface area (Å²) in [7, 11) is 0. The maximum Gasteiger partial charge on any atom is 0.414 e. The Morgan fingerprint density at radius 3 is 2.35 bits per heavy atom. The summed E-state index contributed by atoms with van der Waals surface area (Å²) in [5, 5.41) is 14.8. The van der Waals surface area contributed by atoms with Crippen LogP contribution in [0.15, 0.2) is 41.7 Å². The topological polar surface area (TPSA) is 113 Å². The van der Waals surface area contributed by atoms with Crippen molar-refractivity contribution < 1.29 is 24.5 Å². The molecule has 0 fully saturated rings. The van der Waals surface area contributed by atoms with Crippen LogP contribution in [0, 0.1) is 0 Å². The highest BCUT2D eigenvalue weighted by Crippen LogP contribution is 2.19. The summed E-state index contributed by atoms with van der Waals surface area (Å²) in [5.41, 5.74) is 1.09. The minimum Gasteiger partial charge on any atom is -0.494 e. The average molecular weight is 338 g/mol. The zero-order valence-corrected chi connectivity index (χ0v) is 13.4. The van der Waals surface area contributed by atoms with Crippen LogP contribution in [0.2, 0.25) is 0 Å². The number of ether oxygens (including phenoxy) is 1. The lowest BCUT2D eigenvalue weighted by Crippen LogP contribution is -2.09. The molecule has 0 aliphatic carbocycles. The van der Waals surface area contributed by atoms with Gasteiger partial charge in [0.25, 0.3) is 0 Å². The number of aryl methyl sites for hydroxylation is 1. The van der Waals surface area contributed by atoms with Crippen molar-refractivity contribution in [3.8, 4) is 5.75 Å². The van der Waals surface area contributed by atoms with Gasteiger partial charge in [-0.1, -0.05) is 0 Å². The minimum atomic E-state index is -1.82. The second-order valence-corrected chi connectivity index (χ2v) is 5.18. The summed E-state index contributed by atoms with van der Waals surface area (Å²) in [4.78, 5) is 26.6. The van der Waals surface area contributed by atoms with Crippen LogP contribution >= 0.6 is 11.8 Å². The molecule has 7 nitrogen and oxygen atoms in total. The van der Waals surface area contributed by atoms with Gasteiger partial charge in [0.05, 0.1) is 18.6 Å². The molecule has 2 rings (SSSR count). The number of hydrogen-bond acceptors (Lipinski definition) is 5. The summed E-state index contributed by atoms with van der Waals surface area (Å²) in [6.07, 6.45) is 7.63. The smallest absolute Gasteiger partial charge is 0.414 e. The Labute approximate surface area is 137 Å². The predicted octanol–water partition coefficient (Wildman–Crippen LogP) is 2.30. The lowest BCUT2D eigenvalue weighted by Gasteiger charge is -2.05. The van der Waals surface area contributed by atoms with E-state index in [0.29, 0.717) is 0 Å². The number of carboxylic acids is 2. The SMILES string of the molecule is CSc1ccc(OCCCc2c[nH]cn2)cc1.O=C(O)C(=O)O. The Morgan fingerprint density at radius 1 is 1.22 bits per heavy atom. The number of H-pyrrole nitrogens is 1. The number of carbonyl (C=O) groups is 2. The van der Waals surface area contributed by atoms with Crippen molar-refractivity contribution in [2.75, 3.05) is 12.9 Å². The van der Waals surface area contributed by atoms with Gasteiger partial charge in [0.2, 0.25) is 0 Å². The minimum absolute atomic E-state index is 0.728. The highest BCUT2D eigenvalue weighted by atomic mass is 32.2. The first kappa shape index (κ1) is 18.6. The summed E-state index contributed by atoms with van der Waals surface area (Å²) in [5.74, 6) is -2.71. The molecular formula is C15H18N2O5S. The van der Waals surface area contributed by atoms with Gasteiger partial charge in [-0.05, 0) is 43.4 Å². The maximum atomic E-state index is 9.10. The second kappa shape index (κ2) is 10.3. The Balaban J connectivity index is 0.000000379. The van der Waals surface area contributed by atoms with E-state index in [-0.39, 0.29) is 0 Å². The largest absolute Gasteiger partial charge is 0.494 e. The summed E-state index contributed by atoms with van der Waals surface area (Å²) in [6.45, 7) is 0.728. The van der Waals surface area contributed by atoms with Crippen LogP contribution in [0.25, 0.3) is 0 Å². The molecule has 1 aromatic carbocycles. The number of aliphatic carboxylic acids is 2. The van der Waals surface area contributed by atoms with Gasteiger partial charge in [-0.3, -0.25) is 0 Å². The van der Waals surface area contributed by atoms with Crippen LogP contribution in [-0.2, 0) is 16.0 Å². The van der Waals surface area contributed by atoms with Crippen molar-refractivity contribution in [2.24, 2.45) is 0 Å². The van der Waals surface area contributed by atoms with Crippen LogP contribution in [-0.4, -0.2) is 45.0 Å². The van der Waals surface area contributed by atoms with E-state index >= 15 is 0 Å². The van der Waals surface area contributed by atoms with E-state index in [9.17, 15) is 0 Å². The van der Waals surface area contributed by atoms with Gasteiger partial charge < -0.3 is 19.9 Å². The van der Waals surface area contributed by atoms with Crippen LogP contribution in [0.4, 0.5) is 0 Å². The molecular weight excluding hydrogens is 320 g/mol. The fourth-order valence-electron chi connectivity index (χ4n) is 1.54. The van der Waals surface area contributed by atoms with E-state index < -0.39 is 11.9 Å². The van der Waals surface area contributed by atoms with Gasteiger partial charge in [-0.2, -0.15) is 0 Å².